The van der Waals surface area contributed by atoms with Gasteiger partial charge in [-0.25, -0.2) is 4.98 Å². The van der Waals surface area contributed by atoms with Crippen LogP contribution in [0.2, 0.25) is 5.15 Å². The van der Waals surface area contributed by atoms with E-state index in [1.807, 2.05) is 19.9 Å². The summed E-state index contributed by atoms with van der Waals surface area (Å²) >= 11 is 5.94. The molecule has 2 rings (SSSR count). The molecule has 1 aromatic heterocycles. The topological polar surface area (TPSA) is 41.6 Å². The number of nitriles is 1. The van der Waals surface area contributed by atoms with Crippen LogP contribution in [0, 0.1) is 25.2 Å². The maximum atomic E-state index is 8.99. The molecule has 0 aliphatic carbocycles. The average molecular weight is 246 g/mol. The van der Waals surface area contributed by atoms with E-state index in [1.54, 1.807) is 11.6 Å². The van der Waals surface area contributed by atoms with Gasteiger partial charge >= 0.3 is 0 Å². The fourth-order valence-electron chi connectivity index (χ4n) is 1.80. The van der Waals surface area contributed by atoms with E-state index >= 15 is 0 Å². The Morgan fingerprint density at radius 3 is 2.65 bits per heavy atom. The molecule has 0 aliphatic heterocycles. The summed E-state index contributed by atoms with van der Waals surface area (Å²) in [7, 11) is 1.80. The molecule has 0 N–H and O–H groups in total. The fourth-order valence-corrected chi connectivity index (χ4v) is 2.05. The minimum Gasteiger partial charge on any atom is -0.318 e. The SMILES string of the molecule is Cc1ccc(C)c(-c2nc(Cl)c(C#N)n2C)c1. The van der Waals surface area contributed by atoms with E-state index in [-0.39, 0.29) is 5.15 Å². The minimum atomic E-state index is 0.255. The molecule has 2 aromatic rings. The van der Waals surface area contributed by atoms with Gasteiger partial charge in [0.15, 0.2) is 10.8 Å². The van der Waals surface area contributed by atoms with Gasteiger partial charge in [-0.2, -0.15) is 5.26 Å². The smallest absolute Gasteiger partial charge is 0.166 e. The predicted octanol–water partition coefficient (Wildman–Crippen LogP) is 3.23. The van der Waals surface area contributed by atoms with Crippen molar-refractivity contribution in [2.75, 3.05) is 0 Å². The number of rotatable bonds is 1. The van der Waals surface area contributed by atoms with Crippen LogP contribution in [0.3, 0.4) is 0 Å². The normalized spacial score (nSPS) is 10.3. The molecule has 3 nitrogen and oxygen atoms in total. The molecule has 4 heteroatoms. The third-order valence-electron chi connectivity index (χ3n) is 2.79. The zero-order valence-corrected chi connectivity index (χ0v) is 10.7. The molecule has 86 valence electrons. The second-order valence-electron chi connectivity index (χ2n) is 4.06. The summed E-state index contributed by atoms with van der Waals surface area (Å²) in [4.78, 5) is 4.26. The number of benzene rings is 1. The third-order valence-corrected chi connectivity index (χ3v) is 3.06. The van der Waals surface area contributed by atoms with Crippen molar-refractivity contribution in [3.63, 3.8) is 0 Å². The molecule has 0 radical (unpaired) electrons. The highest BCUT2D eigenvalue weighted by atomic mass is 35.5. The molecular formula is C13H12ClN3. The minimum absolute atomic E-state index is 0.255. The molecule has 0 saturated heterocycles. The van der Waals surface area contributed by atoms with Crippen molar-refractivity contribution in [2.24, 2.45) is 7.05 Å². The van der Waals surface area contributed by atoms with Crippen molar-refractivity contribution in [1.82, 2.24) is 9.55 Å². The van der Waals surface area contributed by atoms with E-state index in [4.69, 9.17) is 16.9 Å². The van der Waals surface area contributed by atoms with Gasteiger partial charge in [0.1, 0.15) is 11.9 Å². The summed E-state index contributed by atoms with van der Waals surface area (Å²) in [5.74, 6) is 0.729. The Labute approximate surface area is 105 Å². The number of hydrogen-bond acceptors (Lipinski definition) is 2. The van der Waals surface area contributed by atoms with Crippen LogP contribution in [0.4, 0.5) is 0 Å². The maximum absolute atomic E-state index is 8.99. The lowest BCUT2D eigenvalue weighted by Gasteiger charge is -2.07. The molecule has 0 unspecified atom stereocenters. The Balaban J connectivity index is 2.70. The lowest BCUT2D eigenvalue weighted by molar-refractivity contribution is 0.906. The van der Waals surface area contributed by atoms with Gasteiger partial charge < -0.3 is 4.57 Å². The van der Waals surface area contributed by atoms with Crippen LogP contribution in [-0.4, -0.2) is 9.55 Å². The zero-order chi connectivity index (χ0) is 12.6. The van der Waals surface area contributed by atoms with E-state index in [2.05, 4.69) is 23.2 Å². The first kappa shape index (κ1) is 11.7. The van der Waals surface area contributed by atoms with Gasteiger partial charge in [0.25, 0.3) is 0 Å². The van der Waals surface area contributed by atoms with Gasteiger partial charge in [0.2, 0.25) is 0 Å². The summed E-state index contributed by atoms with van der Waals surface area (Å²) in [5.41, 5.74) is 3.67. The van der Waals surface area contributed by atoms with Crippen LogP contribution in [-0.2, 0) is 7.05 Å². The Morgan fingerprint density at radius 1 is 1.35 bits per heavy atom. The number of halogens is 1. The number of imidazole rings is 1. The molecule has 0 bridgehead atoms. The molecular weight excluding hydrogens is 234 g/mol. The second kappa shape index (κ2) is 4.23. The summed E-state index contributed by atoms with van der Waals surface area (Å²) in [6.45, 7) is 4.04. The zero-order valence-electron chi connectivity index (χ0n) is 9.95. The predicted molar refractivity (Wildman–Crippen MR) is 67.8 cm³/mol. The summed E-state index contributed by atoms with van der Waals surface area (Å²) < 4.78 is 1.73. The summed E-state index contributed by atoms with van der Waals surface area (Å²) in [5, 5.41) is 9.24. The number of aryl methyl sites for hydroxylation is 2. The second-order valence-corrected chi connectivity index (χ2v) is 4.42. The molecule has 17 heavy (non-hydrogen) atoms. The van der Waals surface area contributed by atoms with E-state index < -0.39 is 0 Å². The first-order valence-corrected chi connectivity index (χ1v) is 5.62. The van der Waals surface area contributed by atoms with Gasteiger partial charge in [-0.15, -0.1) is 0 Å². The van der Waals surface area contributed by atoms with Gasteiger partial charge in [0, 0.05) is 12.6 Å². The quantitative estimate of drug-likeness (QED) is 0.774. The molecule has 0 amide bonds. The van der Waals surface area contributed by atoms with Crippen LogP contribution in [0.15, 0.2) is 18.2 Å². The van der Waals surface area contributed by atoms with Gasteiger partial charge in [-0.1, -0.05) is 29.3 Å². The standard InChI is InChI=1S/C13H12ClN3/c1-8-4-5-9(2)10(6-8)13-16-12(14)11(7-15)17(13)3/h4-6H,1-3H3. The van der Waals surface area contributed by atoms with Crippen LogP contribution < -0.4 is 0 Å². The van der Waals surface area contributed by atoms with Gasteiger partial charge in [-0.05, 0) is 25.5 Å². The maximum Gasteiger partial charge on any atom is 0.166 e. The molecule has 0 atom stereocenters. The van der Waals surface area contributed by atoms with Crippen LogP contribution >= 0.6 is 11.6 Å². The lowest BCUT2D eigenvalue weighted by Crippen LogP contribution is -1.97. The van der Waals surface area contributed by atoms with E-state index in [9.17, 15) is 0 Å². The Kier molecular flexibility index (Phi) is 2.91. The van der Waals surface area contributed by atoms with Crippen molar-refractivity contribution in [3.05, 3.63) is 40.2 Å². The first-order chi connectivity index (χ1) is 8.04. The van der Waals surface area contributed by atoms with Crippen molar-refractivity contribution < 1.29 is 0 Å². The first-order valence-electron chi connectivity index (χ1n) is 5.24. The Bertz CT molecular complexity index is 620. The third kappa shape index (κ3) is 1.92. The molecule has 1 aromatic carbocycles. The Hall–Kier alpha value is -1.79. The molecule has 1 heterocycles. The summed E-state index contributed by atoms with van der Waals surface area (Å²) in [6, 6.07) is 8.20. The molecule has 0 saturated carbocycles. The lowest BCUT2D eigenvalue weighted by atomic mass is 10.1. The van der Waals surface area contributed by atoms with Crippen LogP contribution in [0.1, 0.15) is 16.8 Å². The van der Waals surface area contributed by atoms with E-state index in [0.717, 1.165) is 22.5 Å². The van der Waals surface area contributed by atoms with Crippen molar-refractivity contribution in [1.29, 1.82) is 5.26 Å². The molecule has 0 aliphatic rings. The Morgan fingerprint density at radius 2 is 2.06 bits per heavy atom. The number of aromatic nitrogens is 2. The summed E-state index contributed by atoms with van der Waals surface area (Å²) in [6.07, 6.45) is 0. The van der Waals surface area contributed by atoms with Crippen molar-refractivity contribution in [2.45, 2.75) is 13.8 Å². The largest absolute Gasteiger partial charge is 0.318 e. The van der Waals surface area contributed by atoms with E-state index in [1.165, 1.54) is 0 Å². The monoisotopic (exact) mass is 245 g/mol. The number of hydrogen-bond donors (Lipinski definition) is 0. The van der Waals surface area contributed by atoms with Crippen molar-refractivity contribution >= 4 is 11.6 Å². The number of nitrogens with zero attached hydrogens (tertiary/aromatic N) is 3. The highest BCUT2D eigenvalue weighted by molar-refractivity contribution is 6.30. The van der Waals surface area contributed by atoms with Crippen LogP contribution in [0.25, 0.3) is 11.4 Å². The molecule has 0 spiro atoms. The van der Waals surface area contributed by atoms with Crippen molar-refractivity contribution in [3.8, 4) is 17.5 Å². The highest BCUT2D eigenvalue weighted by Gasteiger charge is 2.15. The highest BCUT2D eigenvalue weighted by Crippen LogP contribution is 2.27. The van der Waals surface area contributed by atoms with Gasteiger partial charge in [-0.3, -0.25) is 0 Å². The fraction of sp³-hybridized carbons (Fsp3) is 0.231. The van der Waals surface area contributed by atoms with E-state index in [0.29, 0.717) is 5.69 Å². The van der Waals surface area contributed by atoms with Gasteiger partial charge in [0.05, 0.1) is 0 Å². The average Bonchev–Trinajstić information content (AvgIpc) is 2.57. The van der Waals surface area contributed by atoms with Crippen LogP contribution in [0.5, 0.6) is 0 Å². The molecule has 0 fully saturated rings.